The highest BCUT2D eigenvalue weighted by Gasteiger charge is 2.30. The number of halogens is 1. The fraction of sp³-hybridized carbons (Fsp3) is 0.278. The maximum absolute atomic E-state index is 14.1. The molecule has 1 amide bonds. The van der Waals surface area contributed by atoms with Crippen molar-refractivity contribution >= 4 is 6.41 Å². The molecular weight excluding hydrogens is 265 g/mol. The highest BCUT2D eigenvalue weighted by Crippen LogP contribution is 2.39. The first-order valence-corrected chi connectivity index (χ1v) is 7.30. The Morgan fingerprint density at radius 2 is 1.76 bits per heavy atom. The fourth-order valence-corrected chi connectivity index (χ4v) is 3.19. The molecule has 3 rings (SSSR count). The summed E-state index contributed by atoms with van der Waals surface area (Å²) in [6, 6.07) is 16.8. The van der Waals surface area contributed by atoms with E-state index in [0.29, 0.717) is 18.0 Å². The van der Waals surface area contributed by atoms with Gasteiger partial charge in [0.1, 0.15) is 5.82 Å². The predicted octanol–water partition coefficient (Wildman–Crippen LogP) is 3.90. The highest BCUT2D eigenvalue weighted by molar-refractivity contribution is 5.49. The molecule has 0 saturated carbocycles. The van der Waals surface area contributed by atoms with Crippen molar-refractivity contribution < 1.29 is 9.18 Å². The van der Waals surface area contributed by atoms with Crippen molar-refractivity contribution in [2.45, 2.75) is 24.8 Å². The molecule has 2 aromatic rings. The van der Waals surface area contributed by atoms with E-state index in [4.69, 9.17) is 0 Å². The minimum absolute atomic E-state index is 0.178. The van der Waals surface area contributed by atoms with Gasteiger partial charge < -0.3 is 4.90 Å². The van der Waals surface area contributed by atoms with Crippen LogP contribution >= 0.6 is 0 Å². The van der Waals surface area contributed by atoms with Gasteiger partial charge in [-0.05, 0) is 30.4 Å². The minimum atomic E-state index is -0.233. The van der Waals surface area contributed by atoms with E-state index in [9.17, 15) is 9.18 Å². The number of likely N-dealkylation sites (tertiary alicyclic amines) is 1. The molecule has 1 aliphatic rings. The zero-order chi connectivity index (χ0) is 14.7. The highest BCUT2D eigenvalue weighted by atomic mass is 19.1. The summed E-state index contributed by atoms with van der Waals surface area (Å²) in [5.41, 5.74) is 1.88. The first kappa shape index (κ1) is 13.8. The lowest BCUT2D eigenvalue weighted by atomic mass is 9.83. The molecule has 0 aromatic heterocycles. The van der Waals surface area contributed by atoms with Gasteiger partial charge in [0.05, 0.1) is 6.04 Å². The van der Waals surface area contributed by atoms with Crippen LogP contribution in [-0.4, -0.2) is 17.9 Å². The van der Waals surface area contributed by atoms with Crippen molar-refractivity contribution in [3.8, 4) is 0 Å². The minimum Gasteiger partial charge on any atom is -0.338 e. The lowest BCUT2D eigenvalue weighted by Gasteiger charge is -2.38. The van der Waals surface area contributed by atoms with Crippen LogP contribution in [0.15, 0.2) is 54.6 Å². The smallest absolute Gasteiger partial charge is 0.210 e. The number of hydrogen-bond donors (Lipinski definition) is 0. The van der Waals surface area contributed by atoms with Gasteiger partial charge in [0.15, 0.2) is 0 Å². The molecule has 2 unspecified atom stereocenters. The number of rotatable bonds is 3. The average Bonchev–Trinajstić information content (AvgIpc) is 2.55. The summed E-state index contributed by atoms with van der Waals surface area (Å²) in [5.74, 6) is 0.134. The molecule has 2 aromatic carbocycles. The molecule has 3 heteroatoms. The van der Waals surface area contributed by atoms with Crippen molar-refractivity contribution in [3.63, 3.8) is 0 Å². The third-order valence-electron chi connectivity index (χ3n) is 4.31. The second kappa shape index (κ2) is 6.08. The van der Waals surface area contributed by atoms with Gasteiger partial charge in [0, 0.05) is 12.1 Å². The van der Waals surface area contributed by atoms with Crippen molar-refractivity contribution in [1.82, 2.24) is 4.90 Å². The van der Waals surface area contributed by atoms with Crippen molar-refractivity contribution in [1.29, 1.82) is 0 Å². The van der Waals surface area contributed by atoms with E-state index in [1.165, 1.54) is 11.6 Å². The zero-order valence-corrected chi connectivity index (χ0v) is 11.8. The molecule has 1 saturated heterocycles. The van der Waals surface area contributed by atoms with Gasteiger partial charge in [-0.1, -0.05) is 48.5 Å². The molecule has 2 atom stereocenters. The fourth-order valence-electron chi connectivity index (χ4n) is 3.19. The van der Waals surface area contributed by atoms with Gasteiger partial charge in [0.25, 0.3) is 0 Å². The van der Waals surface area contributed by atoms with Crippen LogP contribution < -0.4 is 0 Å². The Labute approximate surface area is 124 Å². The van der Waals surface area contributed by atoms with E-state index in [1.54, 1.807) is 17.0 Å². The Kier molecular flexibility index (Phi) is 4.00. The largest absolute Gasteiger partial charge is 0.338 e. The van der Waals surface area contributed by atoms with Crippen molar-refractivity contribution in [2.75, 3.05) is 6.54 Å². The van der Waals surface area contributed by atoms with Crippen molar-refractivity contribution in [2.24, 2.45) is 0 Å². The van der Waals surface area contributed by atoms with E-state index in [-0.39, 0.29) is 11.9 Å². The Balaban J connectivity index is 1.89. The van der Waals surface area contributed by atoms with Gasteiger partial charge in [-0.15, -0.1) is 0 Å². The molecule has 21 heavy (non-hydrogen) atoms. The number of amides is 1. The summed E-state index contributed by atoms with van der Waals surface area (Å²) < 4.78 is 14.1. The van der Waals surface area contributed by atoms with E-state index in [1.807, 2.05) is 24.3 Å². The van der Waals surface area contributed by atoms with Crippen LogP contribution in [-0.2, 0) is 4.79 Å². The number of hydrogen-bond acceptors (Lipinski definition) is 1. The summed E-state index contributed by atoms with van der Waals surface area (Å²) in [6.07, 6.45) is 2.54. The van der Waals surface area contributed by atoms with E-state index in [2.05, 4.69) is 12.1 Å². The number of carbonyl (C=O) groups excluding carboxylic acids is 1. The molecule has 0 radical (unpaired) electrons. The van der Waals surface area contributed by atoms with Gasteiger partial charge in [-0.25, -0.2) is 4.39 Å². The summed E-state index contributed by atoms with van der Waals surface area (Å²) in [7, 11) is 0. The average molecular weight is 283 g/mol. The number of benzene rings is 2. The molecule has 0 bridgehead atoms. The Morgan fingerprint density at radius 3 is 2.48 bits per heavy atom. The van der Waals surface area contributed by atoms with Crippen LogP contribution in [0.1, 0.15) is 35.9 Å². The normalized spacial score (nSPS) is 22.0. The molecule has 0 spiro atoms. The van der Waals surface area contributed by atoms with Crippen LogP contribution in [0.2, 0.25) is 0 Å². The summed E-state index contributed by atoms with van der Waals surface area (Å²) in [4.78, 5) is 13.0. The van der Waals surface area contributed by atoms with Crippen LogP contribution in [0.25, 0.3) is 0 Å². The van der Waals surface area contributed by atoms with Crippen LogP contribution in [0.3, 0.4) is 0 Å². The molecule has 108 valence electrons. The lowest BCUT2D eigenvalue weighted by Crippen LogP contribution is -2.35. The summed E-state index contributed by atoms with van der Waals surface area (Å²) in [6.45, 7) is 0.669. The third kappa shape index (κ3) is 2.82. The van der Waals surface area contributed by atoms with E-state index < -0.39 is 0 Å². The predicted molar refractivity (Wildman–Crippen MR) is 80.3 cm³/mol. The third-order valence-corrected chi connectivity index (χ3v) is 4.31. The van der Waals surface area contributed by atoms with Crippen LogP contribution in [0.5, 0.6) is 0 Å². The number of carbonyl (C=O) groups is 1. The monoisotopic (exact) mass is 283 g/mol. The standard InChI is InChI=1S/C18H18FNO/c19-17-9-5-4-8-16(17)18-12-15(10-11-20(18)13-21)14-6-2-1-3-7-14/h1-9,13,15,18H,10-12H2. The number of nitrogens with zero attached hydrogens (tertiary/aromatic N) is 1. The van der Waals surface area contributed by atoms with Gasteiger partial charge in [-0.2, -0.15) is 0 Å². The Morgan fingerprint density at radius 1 is 1.05 bits per heavy atom. The van der Waals surface area contributed by atoms with Crippen LogP contribution in [0.4, 0.5) is 4.39 Å². The SMILES string of the molecule is O=CN1CCC(c2ccccc2)CC1c1ccccc1F. The van der Waals surface area contributed by atoms with E-state index in [0.717, 1.165) is 19.3 Å². The summed E-state index contributed by atoms with van der Waals surface area (Å²) in [5, 5.41) is 0. The number of piperidine rings is 1. The van der Waals surface area contributed by atoms with Crippen molar-refractivity contribution in [3.05, 3.63) is 71.5 Å². The zero-order valence-electron chi connectivity index (χ0n) is 11.8. The van der Waals surface area contributed by atoms with Gasteiger partial charge in [-0.3, -0.25) is 4.79 Å². The second-order valence-electron chi connectivity index (χ2n) is 5.51. The first-order valence-electron chi connectivity index (χ1n) is 7.30. The van der Waals surface area contributed by atoms with Gasteiger partial charge in [0.2, 0.25) is 6.41 Å². The van der Waals surface area contributed by atoms with Gasteiger partial charge >= 0.3 is 0 Å². The molecular formula is C18H18FNO. The quantitative estimate of drug-likeness (QED) is 0.782. The summed E-state index contributed by atoms with van der Waals surface area (Å²) >= 11 is 0. The Bertz CT molecular complexity index is 614. The Hall–Kier alpha value is -2.16. The maximum atomic E-state index is 14.1. The first-order chi connectivity index (χ1) is 10.3. The topological polar surface area (TPSA) is 20.3 Å². The molecule has 1 fully saturated rings. The molecule has 0 N–H and O–H groups in total. The maximum Gasteiger partial charge on any atom is 0.210 e. The molecule has 1 heterocycles. The molecule has 0 aliphatic carbocycles. The lowest BCUT2D eigenvalue weighted by molar-refractivity contribution is -0.121. The van der Waals surface area contributed by atoms with Crippen LogP contribution in [0, 0.1) is 5.82 Å². The second-order valence-corrected chi connectivity index (χ2v) is 5.51. The molecule has 1 aliphatic heterocycles. The molecule has 2 nitrogen and oxygen atoms in total. The van der Waals surface area contributed by atoms with E-state index >= 15 is 0 Å².